The average molecular weight is 478 g/mol. The molecule has 0 radical (unpaired) electrons. The van der Waals surface area contributed by atoms with Gasteiger partial charge >= 0.3 is 0 Å². The van der Waals surface area contributed by atoms with Gasteiger partial charge in [0, 0.05) is 22.7 Å². The van der Waals surface area contributed by atoms with Gasteiger partial charge in [-0.1, -0.05) is 55.1 Å². The molecule has 1 N–H and O–H groups in total. The zero-order chi connectivity index (χ0) is 22.9. The molecular weight excluding hydrogens is 457 g/mol. The van der Waals surface area contributed by atoms with Gasteiger partial charge in [0.15, 0.2) is 5.16 Å². The van der Waals surface area contributed by atoms with E-state index in [2.05, 4.69) is 12.2 Å². The molecule has 1 aliphatic heterocycles. The van der Waals surface area contributed by atoms with Crippen LogP contribution in [0.15, 0.2) is 81.6 Å². The summed E-state index contributed by atoms with van der Waals surface area (Å²) in [6.07, 6.45) is 0.704. The Balaban J connectivity index is 1.43. The number of carbonyl (C=O) groups excluding carboxylic acids is 1. The molecule has 0 saturated heterocycles. The molecule has 5 rings (SSSR count). The minimum absolute atomic E-state index is 0.0817. The molecule has 0 spiro atoms. The zero-order valence-corrected chi connectivity index (χ0v) is 19.4. The van der Waals surface area contributed by atoms with E-state index < -0.39 is 0 Å². The Morgan fingerprint density at radius 2 is 1.91 bits per heavy atom. The minimum atomic E-state index is -0.382. The maximum atomic E-state index is 13.5. The van der Waals surface area contributed by atoms with E-state index in [4.69, 9.17) is 4.98 Å². The van der Waals surface area contributed by atoms with Crippen molar-refractivity contribution in [1.29, 1.82) is 0 Å². The fraction of sp³-hybridized carbons (Fsp3) is 0.160. The van der Waals surface area contributed by atoms with Crippen molar-refractivity contribution in [2.45, 2.75) is 28.6 Å². The summed E-state index contributed by atoms with van der Waals surface area (Å²) in [5, 5.41) is 5.66. The summed E-state index contributed by atoms with van der Waals surface area (Å²) in [6, 6.07) is 19.3. The van der Waals surface area contributed by atoms with Crippen molar-refractivity contribution in [2.24, 2.45) is 0 Å². The summed E-state index contributed by atoms with van der Waals surface area (Å²) < 4.78 is 15.0. The number of hydrogen-bond acceptors (Lipinski definition) is 5. The summed E-state index contributed by atoms with van der Waals surface area (Å²) in [5.74, 6) is -0.495. The zero-order valence-electron chi connectivity index (χ0n) is 17.7. The molecule has 8 heteroatoms. The molecular formula is C25H20FN3O2S2. The fourth-order valence-electron chi connectivity index (χ4n) is 3.87. The monoisotopic (exact) mass is 477 g/mol. The van der Waals surface area contributed by atoms with Crippen LogP contribution in [-0.2, 0) is 11.2 Å². The summed E-state index contributed by atoms with van der Waals surface area (Å²) in [4.78, 5) is 31.4. The number of halogens is 1. The average Bonchev–Trinajstić information content (AvgIpc) is 3.19. The van der Waals surface area contributed by atoms with Crippen LogP contribution in [0.1, 0.15) is 12.6 Å². The van der Waals surface area contributed by atoms with Crippen molar-refractivity contribution in [2.75, 3.05) is 11.1 Å². The van der Waals surface area contributed by atoms with Crippen molar-refractivity contribution in [3.8, 4) is 5.69 Å². The number of benzene rings is 3. The van der Waals surface area contributed by atoms with Crippen LogP contribution in [0.5, 0.6) is 0 Å². The molecule has 1 unspecified atom stereocenters. The minimum Gasteiger partial charge on any atom is -0.325 e. The predicted octanol–water partition coefficient (Wildman–Crippen LogP) is 5.29. The third kappa shape index (κ3) is 4.41. The molecule has 1 atom stereocenters. The lowest BCUT2D eigenvalue weighted by Gasteiger charge is -2.14. The Morgan fingerprint density at radius 3 is 2.73 bits per heavy atom. The van der Waals surface area contributed by atoms with E-state index in [1.165, 1.54) is 40.2 Å². The van der Waals surface area contributed by atoms with Gasteiger partial charge in [-0.25, -0.2) is 9.37 Å². The van der Waals surface area contributed by atoms with E-state index >= 15 is 0 Å². The van der Waals surface area contributed by atoms with Crippen LogP contribution in [0.25, 0.3) is 16.5 Å². The van der Waals surface area contributed by atoms with Crippen LogP contribution < -0.4 is 10.9 Å². The van der Waals surface area contributed by atoms with Crippen LogP contribution >= 0.6 is 23.5 Å². The lowest BCUT2D eigenvalue weighted by molar-refractivity contribution is -0.113. The highest BCUT2D eigenvalue weighted by atomic mass is 32.2. The number of nitrogens with one attached hydrogen (secondary N) is 1. The van der Waals surface area contributed by atoms with Gasteiger partial charge in [0.05, 0.1) is 22.0 Å². The van der Waals surface area contributed by atoms with Crippen molar-refractivity contribution < 1.29 is 9.18 Å². The van der Waals surface area contributed by atoms with Gasteiger partial charge in [-0.05, 0) is 35.7 Å². The van der Waals surface area contributed by atoms with Gasteiger partial charge in [-0.3, -0.25) is 14.2 Å². The SMILES string of the molecule is CC1Cc2nc(SCC(=O)Nc3cccc4ccccc34)n(-c3ccc(F)cc3)c(=O)c2S1. The summed E-state index contributed by atoms with van der Waals surface area (Å²) in [6.45, 7) is 2.05. The van der Waals surface area contributed by atoms with Crippen molar-refractivity contribution in [3.05, 3.63) is 88.6 Å². The lowest BCUT2D eigenvalue weighted by atomic mass is 10.1. The summed E-state index contributed by atoms with van der Waals surface area (Å²) in [5.41, 5.74) is 1.83. The highest BCUT2D eigenvalue weighted by Crippen LogP contribution is 2.35. The van der Waals surface area contributed by atoms with E-state index in [1.807, 2.05) is 42.5 Å². The smallest absolute Gasteiger partial charge is 0.272 e. The van der Waals surface area contributed by atoms with Crippen molar-refractivity contribution >= 4 is 45.9 Å². The first-order valence-corrected chi connectivity index (χ1v) is 12.3. The largest absolute Gasteiger partial charge is 0.325 e. The second kappa shape index (κ2) is 9.03. The number of carbonyl (C=O) groups is 1. The van der Waals surface area contributed by atoms with Crippen molar-refractivity contribution in [1.82, 2.24) is 9.55 Å². The summed E-state index contributed by atoms with van der Waals surface area (Å²) >= 11 is 2.70. The van der Waals surface area contributed by atoms with Gasteiger partial charge in [-0.15, -0.1) is 11.8 Å². The topological polar surface area (TPSA) is 64.0 Å². The van der Waals surface area contributed by atoms with Crippen molar-refractivity contribution in [3.63, 3.8) is 0 Å². The van der Waals surface area contributed by atoms with Crippen LogP contribution in [-0.4, -0.2) is 26.5 Å². The van der Waals surface area contributed by atoms with E-state index in [9.17, 15) is 14.0 Å². The molecule has 4 aromatic rings. The number of nitrogens with zero attached hydrogens (tertiary/aromatic N) is 2. The highest BCUT2D eigenvalue weighted by molar-refractivity contribution is 8.00. The summed E-state index contributed by atoms with van der Waals surface area (Å²) in [7, 11) is 0. The van der Waals surface area contributed by atoms with Crippen LogP contribution in [0.3, 0.4) is 0 Å². The van der Waals surface area contributed by atoms with Crippen LogP contribution in [0.2, 0.25) is 0 Å². The molecule has 1 aromatic heterocycles. The Hall–Kier alpha value is -3.10. The number of amides is 1. The van der Waals surface area contributed by atoms with Gasteiger partial charge in [-0.2, -0.15) is 0 Å². The number of rotatable bonds is 5. The van der Waals surface area contributed by atoms with E-state index in [0.717, 1.165) is 22.2 Å². The van der Waals surface area contributed by atoms with Gasteiger partial charge in [0.1, 0.15) is 5.82 Å². The number of hydrogen-bond donors (Lipinski definition) is 1. The first kappa shape index (κ1) is 21.7. The Morgan fingerprint density at radius 1 is 1.15 bits per heavy atom. The molecule has 0 bridgehead atoms. The molecule has 3 aromatic carbocycles. The normalized spacial score (nSPS) is 14.9. The number of aromatic nitrogens is 2. The second-order valence-corrected chi connectivity index (χ2v) is 10.2. The Kier molecular flexibility index (Phi) is 5.95. The first-order chi connectivity index (χ1) is 16.0. The predicted molar refractivity (Wildman–Crippen MR) is 132 cm³/mol. The van der Waals surface area contributed by atoms with Gasteiger partial charge in [0.25, 0.3) is 5.56 Å². The highest BCUT2D eigenvalue weighted by Gasteiger charge is 2.27. The molecule has 0 saturated carbocycles. The lowest BCUT2D eigenvalue weighted by Crippen LogP contribution is -2.24. The molecule has 5 nitrogen and oxygen atoms in total. The third-order valence-corrected chi connectivity index (χ3v) is 7.52. The second-order valence-electron chi connectivity index (χ2n) is 7.78. The van der Waals surface area contributed by atoms with E-state index in [1.54, 1.807) is 12.1 Å². The van der Waals surface area contributed by atoms with Crippen LogP contribution in [0, 0.1) is 5.82 Å². The maximum Gasteiger partial charge on any atom is 0.272 e. The number of anilines is 1. The Labute approximate surface area is 198 Å². The molecule has 1 aliphatic rings. The van der Waals surface area contributed by atoms with E-state index in [-0.39, 0.29) is 28.3 Å². The van der Waals surface area contributed by atoms with E-state index in [0.29, 0.717) is 22.2 Å². The van der Waals surface area contributed by atoms with Gasteiger partial charge < -0.3 is 5.32 Å². The van der Waals surface area contributed by atoms with Gasteiger partial charge in [0.2, 0.25) is 5.91 Å². The Bertz CT molecular complexity index is 1410. The first-order valence-electron chi connectivity index (χ1n) is 10.5. The molecule has 2 heterocycles. The quantitative estimate of drug-likeness (QED) is 0.313. The molecule has 0 fully saturated rings. The molecule has 33 heavy (non-hydrogen) atoms. The maximum absolute atomic E-state index is 13.5. The molecule has 166 valence electrons. The molecule has 0 aliphatic carbocycles. The standard InChI is InChI=1S/C25H20FN3O2S2/c1-15-13-21-23(33-15)24(31)29(18-11-9-17(26)10-12-18)25(28-21)32-14-22(30)27-20-8-4-6-16-5-2-3-7-19(16)20/h2-12,15H,13-14H2,1H3,(H,27,30). The number of thioether (sulfide) groups is 2. The van der Waals surface area contributed by atoms with Crippen LogP contribution in [0.4, 0.5) is 10.1 Å². The number of fused-ring (bicyclic) bond motifs is 2. The molecule has 1 amide bonds. The fourth-order valence-corrected chi connectivity index (χ4v) is 5.79. The third-order valence-electron chi connectivity index (χ3n) is 5.36.